The van der Waals surface area contributed by atoms with E-state index in [2.05, 4.69) is 16.3 Å². The molecule has 0 amide bonds. The van der Waals surface area contributed by atoms with Crippen LogP contribution >= 0.6 is 0 Å². The molecule has 16 heavy (non-hydrogen) atoms. The topological polar surface area (TPSA) is 83.9 Å². The Kier molecular flexibility index (Phi) is 7.45. The number of esters is 1. The number of hydrogen-bond donors (Lipinski definition) is 1. The second-order valence-electron chi connectivity index (χ2n) is 2.89. The molecule has 0 spiro atoms. The fourth-order valence-electron chi connectivity index (χ4n) is 0.994. The van der Waals surface area contributed by atoms with Gasteiger partial charge in [0.2, 0.25) is 11.2 Å². The minimum Gasteiger partial charge on any atom is -0.504 e. The Hall–Kier alpha value is -1.87. The van der Waals surface area contributed by atoms with Gasteiger partial charge in [-0.05, 0) is 6.42 Å². The Morgan fingerprint density at radius 3 is 2.88 bits per heavy atom. The number of ether oxygens (including phenoxy) is 2. The standard InChI is InChI=1S/C10H14N2O4/c1-3-6-16-9(8(13)7-12-11)4-5-10(14)15-2/h3,7,9H,1,4-6H2,2H3/p+1/b8-7-/t9-/m1/s1. The Balaban J connectivity index is 4.32. The van der Waals surface area contributed by atoms with E-state index < -0.39 is 12.1 Å². The zero-order chi connectivity index (χ0) is 12.4. The van der Waals surface area contributed by atoms with Gasteiger partial charge in [0.05, 0.1) is 13.7 Å². The van der Waals surface area contributed by atoms with Crippen LogP contribution in [-0.4, -0.2) is 30.9 Å². The highest BCUT2D eigenvalue weighted by Crippen LogP contribution is 2.11. The van der Waals surface area contributed by atoms with Crippen LogP contribution in [0.3, 0.4) is 0 Å². The van der Waals surface area contributed by atoms with E-state index in [4.69, 9.17) is 10.1 Å². The van der Waals surface area contributed by atoms with Crippen molar-refractivity contribution in [2.75, 3.05) is 13.7 Å². The van der Waals surface area contributed by atoms with Gasteiger partial charge in [0, 0.05) is 6.42 Å². The normalized spacial score (nSPS) is 12.6. The summed E-state index contributed by atoms with van der Waals surface area (Å²) in [5.74, 6) is -0.658. The van der Waals surface area contributed by atoms with Gasteiger partial charge in [0.15, 0.2) is 4.98 Å². The molecule has 1 atom stereocenters. The predicted molar refractivity (Wildman–Crippen MR) is 57.0 cm³/mol. The molecule has 1 N–H and O–H groups in total. The van der Waals surface area contributed by atoms with Gasteiger partial charge in [-0.1, -0.05) is 6.08 Å². The van der Waals surface area contributed by atoms with Crippen molar-refractivity contribution in [1.82, 2.24) is 0 Å². The first-order valence-electron chi connectivity index (χ1n) is 4.68. The number of rotatable bonds is 7. The quantitative estimate of drug-likeness (QED) is 0.310. The molecule has 6 heteroatoms. The first-order chi connectivity index (χ1) is 7.65. The second-order valence-corrected chi connectivity index (χ2v) is 2.89. The van der Waals surface area contributed by atoms with E-state index in [0.717, 1.165) is 6.20 Å². The molecular formula is C10H15N2O4+. The molecule has 0 saturated carbocycles. The Labute approximate surface area is 93.8 Å². The smallest absolute Gasteiger partial charge is 0.390 e. The van der Waals surface area contributed by atoms with Crippen molar-refractivity contribution >= 4 is 5.97 Å². The monoisotopic (exact) mass is 227 g/mol. The van der Waals surface area contributed by atoms with E-state index in [9.17, 15) is 9.90 Å². The Bertz CT molecular complexity index is 306. The zero-order valence-corrected chi connectivity index (χ0v) is 9.13. The van der Waals surface area contributed by atoms with Crippen LogP contribution in [0.5, 0.6) is 0 Å². The molecule has 0 rings (SSSR count). The fourth-order valence-corrected chi connectivity index (χ4v) is 0.994. The molecule has 0 aliphatic carbocycles. The lowest BCUT2D eigenvalue weighted by Crippen LogP contribution is -2.18. The minimum absolute atomic E-state index is 0.0988. The summed E-state index contributed by atoms with van der Waals surface area (Å²) in [5, 5.41) is 17.7. The third kappa shape index (κ3) is 5.78. The van der Waals surface area contributed by atoms with Crippen molar-refractivity contribution in [3.8, 4) is 0 Å². The highest BCUT2D eigenvalue weighted by atomic mass is 16.5. The Morgan fingerprint density at radius 1 is 1.69 bits per heavy atom. The summed E-state index contributed by atoms with van der Waals surface area (Å²) in [7, 11) is 1.28. The summed E-state index contributed by atoms with van der Waals surface area (Å²) in [4.78, 5) is 13.6. The van der Waals surface area contributed by atoms with Crippen molar-refractivity contribution < 1.29 is 19.4 Å². The molecule has 0 bridgehead atoms. The first-order valence-corrected chi connectivity index (χ1v) is 4.68. The number of carbonyl (C=O) groups excluding carboxylic acids is 1. The third-order valence-corrected chi connectivity index (χ3v) is 1.77. The highest BCUT2D eigenvalue weighted by Gasteiger charge is 2.19. The van der Waals surface area contributed by atoms with Crippen molar-refractivity contribution in [2.24, 2.45) is 0 Å². The third-order valence-electron chi connectivity index (χ3n) is 1.77. The van der Waals surface area contributed by atoms with E-state index in [1.165, 1.54) is 13.2 Å². The van der Waals surface area contributed by atoms with Gasteiger partial charge in [0.25, 0.3) is 0 Å². The van der Waals surface area contributed by atoms with Crippen LogP contribution in [0.25, 0.3) is 4.98 Å². The largest absolute Gasteiger partial charge is 0.504 e. The van der Waals surface area contributed by atoms with Gasteiger partial charge in [0.1, 0.15) is 6.10 Å². The molecule has 0 aliphatic heterocycles. The van der Waals surface area contributed by atoms with Crippen LogP contribution in [0.15, 0.2) is 24.6 Å². The van der Waals surface area contributed by atoms with E-state index in [1.54, 1.807) is 0 Å². The summed E-state index contributed by atoms with van der Waals surface area (Å²) in [6.07, 6.45) is 1.98. The van der Waals surface area contributed by atoms with Crippen molar-refractivity contribution in [3.05, 3.63) is 29.6 Å². The number of aliphatic hydroxyl groups is 1. The fraction of sp³-hybridized carbons (Fsp3) is 0.500. The number of methoxy groups -OCH3 is 1. The van der Waals surface area contributed by atoms with Crippen LogP contribution in [0.1, 0.15) is 12.8 Å². The lowest BCUT2D eigenvalue weighted by Gasteiger charge is -2.13. The van der Waals surface area contributed by atoms with Crippen LogP contribution in [0.2, 0.25) is 0 Å². The van der Waals surface area contributed by atoms with Gasteiger partial charge in [-0.25, -0.2) is 0 Å². The molecule has 88 valence electrons. The van der Waals surface area contributed by atoms with Gasteiger partial charge in [-0.2, -0.15) is 0 Å². The van der Waals surface area contributed by atoms with Crippen LogP contribution in [0.4, 0.5) is 0 Å². The van der Waals surface area contributed by atoms with E-state index in [0.29, 0.717) is 0 Å². The summed E-state index contributed by atoms with van der Waals surface area (Å²) < 4.78 is 9.64. The lowest BCUT2D eigenvalue weighted by atomic mass is 10.1. The van der Waals surface area contributed by atoms with Crippen molar-refractivity contribution in [1.29, 1.82) is 5.39 Å². The summed E-state index contributed by atoms with van der Waals surface area (Å²) >= 11 is 0. The van der Waals surface area contributed by atoms with Gasteiger partial charge in [-0.3, -0.25) is 4.79 Å². The zero-order valence-electron chi connectivity index (χ0n) is 9.13. The van der Waals surface area contributed by atoms with E-state index in [1.807, 2.05) is 0 Å². The van der Waals surface area contributed by atoms with Crippen LogP contribution < -0.4 is 0 Å². The van der Waals surface area contributed by atoms with Gasteiger partial charge < -0.3 is 14.6 Å². The van der Waals surface area contributed by atoms with Crippen molar-refractivity contribution in [3.63, 3.8) is 0 Å². The number of carbonyl (C=O) groups is 1. The molecule has 0 aromatic rings. The number of nitrogens with zero attached hydrogens (tertiary/aromatic N) is 2. The van der Waals surface area contributed by atoms with Crippen LogP contribution in [0, 0.1) is 5.39 Å². The summed E-state index contributed by atoms with van der Waals surface area (Å²) in [5.41, 5.74) is 0. The minimum atomic E-state index is -0.715. The Morgan fingerprint density at radius 2 is 2.38 bits per heavy atom. The molecule has 0 aromatic carbocycles. The molecule has 0 aromatic heterocycles. The number of aliphatic hydroxyl groups excluding tert-OH is 1. The number of hydrogen-bond acceptors (Lipinski definition) is 5. The van der Waals surface area contributed by atoms with E-state index in [-0.39, 0.29) is 25.2 Å². The van der Waals surface area contributed by atoms with Gasteiger partial charge in [-0.15, -0.1) is 6.58 Å². The molecule has 0 saturated heterocycles. The van der Waals surface area contributed by atoms with E-state index >= 15 is 0 Å². The summed E-state index contributed by atoms with van der Waals surface area (Å²) in [6.45, 7) is 3.68. The molecule has 0 fully saturated rings. The molecular weight excluding hydrogens is 212 g/mol. The second kappa shape index (κ2) is 8.44. The molecule has 0 aliphatic rings. The first kappa shape index (κ1) is 14.1. The van der Waals surface area contributed by atoms with Gasteiger partial charge >= 0.3 is 12.2 Å². The van der Waals surface area contributed by atoms with Crippen molar-refractivity contribution in [2.45, 2.75) is 18.9 Å². The lowest BCUT2D eigenvalue weighted by molar-refractivity contribution is -0.141. The van der Waals surface area contributed by atoms with Crippen LogP contribution in [-0.2, 0) is 14.3 Å². The molecule has 0 radical (unpaired) electrons. The molecule has 0 heterocycles. The SMILES string of the molecule is C=CCO[C@H](CCC(=O)OC)/C(O)=C/[N+]#N. The maximum Gasteiger partial charge on any atom is 0.390 e. The maximum absolute atomic E-state index is 10.9. The maximum atomic E-state index is 10.9. The average Bonchev–Trinajstić information content (AvgIpc) is 2.29. The molecule has 6 nitrogen and oxygen atoms in total. The summed E-state index contributed by atoms with van der Waals surface area (Å²) in [6, 6.07) is 0. The highest BCUT2D eigenvalue weighted by molar-refractivity contribution is 5.69. The average molecular weight is 227 g/mol. The number of diazo groups is 1. The molecule has 0 unspecified atom stereocenters. The predicted octanol–water partition coefficient (Wildman–Crippen LogP) is 1.76.